The van der Waals surface area contributed by atoms with Gasteiger partial charge in [0.15, 0.2) is 0 Å². The molecule has 5 rings (SSSR count). The van der Waals surface area contributed by atoms with Crippen molar-refractivity contribution < 1.29 is 9.21 Å². The second kappa shape index (κ2) is 8.82. The van der Waals surface area contributed by atoms with E-state index in [9.17, 15) is 4.79 Å². The number of hydrogen-bond donors (Lipinski definition) is 1. The lowest BCUT2D eigenvalue weighted by atomic mass is 10.1. The molecule has 0 saturated carbocycles. The van der Waals surface area contributed by atoms with Gasteiger partial charge < -0.3 is 19.2 Å². The monoisotopic (exact) mass is 438 g/mol. The van der Waals surface area contributed by atoms with Gasteiger partial charge >= 0.3 is 6.03 Å². The summed E-state index contributed by atoms with van der Waals surface area (Å²) in [6.07, 6.45) is 1.87. The van der Waals surface area contributed by atoms with Gasteiger partial charge in [-0.25, -0.2) is 9.78 Å². The molecule has 166 valence electrons. The Labute approximate surface area is 192 Å². The van der Waals surface area contributed by atoms with Crippen LogP contribution in [0.25, 0.3) is 22.0 Å². The van der Waals surface area contributed by atoms with Crippen molar-refractivity contribution in [1.29, 1.82) is 0 Å². The molecule has 0 saturated heterocycles. The summed E-state index contributed by atoms with van der Waals surface area (Å²) in [6, 6.07) is 26.0. The smallest absolute Gasteiger partial charge is 0.318 e. The summed E-state index contributed by atoms with van der Waals surface area (Å²) in [5.74, 6) is 0.769. The Morgan fingerprint density at radius 3 is 2.58 bits per heavy atom. The Morgan fingerprint density at radius 2 is 1.76 bits per heavy atom. The molecular weight excluding hydrogens is 412 g/mol. The fraction of sp³-hybridized carbons (Fsp3) is 0.185. The number of urea groups is 1. The van der Waals surface area contributed by atoms with E-state index in [1.807, 2.05) is 61.8 Å². The van der Waals surface area contributed by atoms with Crippen LogP contribution >= 0.6 is 0 Å². The van der Waals surface area contributed by atoms with Gasteiger partial charge in [-0.05, 0) is 42.3 Å². The van der Waals surface area contributed by atoms with E-state index in [-0.39, 0.29) is 12.1 Å². The minimum Gasteiger partial charge on any atom is -0.459 e. The number of aromatic nitrogens is 2. The number of carbonyl (C=O) groups excluding carboxylic acids is 1. The Bertz CT molecular complexity index is 1370. The predicted octanol–water partition coefficient (Wildman–Crippen LogP) is 5.73. The molecule has 0 bridgehead atoms. The molecule has 5 aromatic rings. The van der Waals surface area contributed by atoms with Crippen molar-refractivity contribution in [2.75, 3.05) is 7.05 Å². The number of imidazole rings is 1. The van der Waals surface area contributed by atoms with Gasteiger partial charge in [0, 0.05) is 25.5 Å². The summed E-state index contributed by atoms with van der Waals surface area (Å²) >= 11 is 0. The molecule has 1 unspecified atom stereocenters. The van der Waals surface area contributed by atoms with Gasteiger partial charge in [-0.1, -0.05) is 54.6 Å². The first kappa shape index (κ1) is 20.8. The fourth-order valence-electron chi connectivity index (χ4n) is 3.97. The van der Waals surface area contributed by atoms with Crippen molar-refractivity contribution in [3.8, 4) is 0 Å². The quantitative estimate of drug-likeness (QED) is 0.368. The van der Waals surface area contributed by atoms with Gasteiger partial charge in [-0.15, -0.1) is 0 Å². The van der Waals surface area contributed by atoms with Crippen molar-refractivity contribution in [3.05, 3.63) is 102 Å². The molecular formula is C27H26N4O2. The molecule has 33 heavy (non-hydrogen) atoms. The molecule has 1 atom stereocenters. The molecule has 0 radical (unpaired) electrons. The maximum absolute atomic E-state index is 12.7. The first-order valence-electron chi connectivity index (χ1n) is 11.1. The zero-order valence-electron chi connectivity index (χ0n) is 18.7. The van der Waals surface area contributed by atoms with Crippen LogP contribution in [0, 0.1) is 0 Å². The minimum absolute atomic E-state index is 0.142. The number of rotatable bonds is 6. The molecule has 0 aliphatic carbocycles. The summed E-state index contributed by atoms with van der Waals surface area (Å²) in [7, 11) is 1.78. The minimum atomic E-state index is -0.176. The summed E-state index contributed by atoms with van der Waals surface area (Å²) in [5, 5.41) is 4.04. The number of furan rings is 1. The summed E-state index contributed by atoms with van der Waals surface area (Å²) in [6.45, 7) is 3.18. The molecule has 3 aromatic carbocycles. The lowest BCUT2D eigenvalue weighted by Gasteiger charge is -2.23. The van der Waals surface area contributed by atoms with Crippen LogP contribution in [0.2, 0.25) is 0 Å². The lowest BCUT2D eigenvalue weighted by Crippen LogP contribution is -2.38. The second-order valence-electron chi connectivity index (χ2n) is 8.31. The molecule has 0 fully saturated rings. The number of hydrogen-bond acceptors (Lipinski definition) is 3. The van der Waals surface area contributed by atoms with E-state index >= 15 is 0 Å². The third-order valence-corrected chi connectivity index (χ3v) is 6.10. The Kier molecular flexibility index (Phi) is 5.57. The molecule has 6 heteroatoms. The van der Waals surface area contributed by atoms with Crippen LogP contribution in [0.15, 0.2) is 89.6 Å². The van der Waals surface area contributed by atoms with Crippen LogP contribution in [-0.2, 0) is 13.1 Å². The average molecular weight is 439 g/mol. The molecule has 1 N–H and O–H groups in total. The van der Waals surface area contributed by atoms with E-state index in [1.165, 1.54) is 5.56 Å². The number of nitrogens with zero attached hydrogens (tertiary/aromatic N) is 3. The van der Waals surface area contributed by atoms with E-state index in [4.69, 9.17) is 4.42 Å². The maximum Gasteiger partial charge on any atom is 0.318 e. The molecule has 0 aliphatic rings. The highest BCUT2D eigenvalue weighted by Crippen LogP contribution is 2.26. The second-order valence-corrected chi connectivity index (χ2v) is 8.31. The van der Waals surface area contributed by atoms with E-state index in [2.05, 4.69) is 45.2 Å². The van der Waals surface area contributed by atoms with Crippen LogP contribution in [-0.4, -0.2) is 27.5 Å². The third kappa shape index (κ3) is 4.32. The highest BCUT2D eigenvalue weighted by Gasteiger charge is 2.20. The van der Waals surface area contributed by atoms with Gasteiger partial charge in [0.2, 0.25) is 0 Å². The largest absolute Gasteiger partial charge is 0.459 e. The van der Waals surface area contributed by atoms with Crippen molar-refractivity contribution in [2.24, 2.45) is 0 Å². The van der Waals surface area contributed by atoms with E-state index < -0.39 is 0 Å². The van der Waals surface area contributed by atoms with Gasteiger partial charge in [0.1, 0.15) is 11.3 Å². The maximum atomic E-state index is 12.7. The van der Waals surface area contributed by atoms with Crippen LogP contribution in [0.1, 0.15) is 29.9 Å². The van der Waals surface area contributed by atoms with Crippen molar-refractivity contribution >= 4 is 28.0 Å². The van der Waals surface area contributed by atoms with Gasteiger partial charge in [-0.2, -0.15) is 0 Å². The van der Waals surface area contributed by atoms with Gasteiger partial charge in [0.25, 0.3) is 0 Å². The van der Waals surface area contributed by atoms with Crippen LogP contribution in [0.4, 0.5) is 4.79 Å². The zero-order valence-corrected chi connectivity index (χ0v) is 18.7. The van der Waals surface area contributed by atoms with Crippen LogP contribution < -0.4 is 5.32 Å². The number of para-hydroxylation sites is 3. The first-order valence-corrected chi connectivity index (χ1v) is 11.1. The molecule has 6 nitrogen and oxygen atoms in total. The number of nitrogens with one attached hydrogen (secondary N) is 1. The van der Waals surface area contributed by atoms with Crippen molar-refractivity contribution in [2.45, 2.75) is 26.1 Å². The van der Waals surface area contributed by atoms with E-state index in [0.717, 1.165) is 39.9 Å². The Balaban J connectivity index is 1.18. The summed E-state index contributed by atoms with van der Waals surface area (Å²) in [4.78, 5) is 18.8. The Morgan fingerprint density at radius 1 is 1.03 bits per heavy atom. The topological polar surface area (TPSA) is 63.3 Å². The standard InChI is InChI=1S/C27H26N4O2/c1-19(26-15-22-7-3-6-10-25(22)33-26)30(2)27(32)28-16-20-11-13-21(14-12-20)17-31-18-29-23-8-4-5-9-24(23)31/h3-15,18-19H,16-17H2,1-2H3,(H,28,32). The van der Waals surface area contributed by atoms with Crippen molar-refractivity contribution in [3.63, 3.8) is 0 Å². The van der Waals surface area contributed by atoms with Crippen molar-refractivity contribution in [1.82, 2.24) is 19.8 Å². The zero-order chi connectivity index (χ0) is 22.8. The normalized spacial score (nSPS) is 12.2. The van der Waals surface area contributed by atoms with Gasteiger partial charge in [0.05, 0.1) is 23.4 Å². The first-order chi connectivity index (χ1) is 16.1. The average Bonchev–Trinajstić information content (AvgIpc) is 3.47. The predicted molar refractivity (Wildman–Crippen MR) is 130 cm³/mol. The summed E-state index contributed by atoms with van der Waals surface area (Å²) in [5.41, 5.74) is 5.18. The molecule has 0 aliphatic heterocycles. The van der Waals surface area contributed by atoms with E-state index in [0.29, 0.717) is 6.54 Å². The molecule has 2 aromatic heterocycles. The highest BCUT2D eigenvalue weighted by atomic mass is 16.3. The third-order valence-electron chi connectivity index (χ3n) is 6.10. The van der Waals surface area contributed by atoms with E-state index in [1.54, 1.807) is 11.9 Å². The number of benzene rings is 3. The summed E-state index contributed by atoms with van der Waals surface area (Å²) < 4.78 is 8.06. The molecule has 0 spiro atoms. The highest BCUT2D eigenvalue weighted by molar-refractivity contribution is 5.78. The Hall–Kier alpha value is -4.06. The fourth-order valence-corrected chi connectivity index (χ4v) is 3.97. The van der Waals surface area contributed by atoms with Crippen LogP contribution in [0.3, 0.4) is 0 Å². The SMILES string of the molecule is CC(c1cc2ccccc2o1)N(C)C(=O)NCc1ccc(Cn2cnc3ccccc32)cc1. The van der Waals surface area contributed by atoms with Gasteiger partial charge in [-0.3, -0.25) is 0 Å². The number of carbonyl (C=O) groups is 1. The lowest BCUT2D eigenvalue weighted by molar-refractivity contribution is 0.187. The van der Waals surface area contributed by atoms with Crippen LogP contribution in [0.5, 0.6) is 0 Å². The number of amides is 2. The number of fused-ring (bicyclic) bond motifs is 2. The molecule has 2 heterocycles. The molecule has 2 amide bonds.